The molecular weight excluding hydrogens is 254 g/mol. The van der Waals surface area contributed by atoms with Gasteiger partial charge in [0.15, 0.2) is 0 Å². The van der Waals surface area contributed by atoms with Crippen LogP contribution in [0.2, 0.25) is 5.02 Å². The summed E-state index contributed by atoms with van der Waals surface area (Å²) in [4.78, 5) is 23.0. The van der Waals surface area contributed by atoms with Crippen LogP contribution in [0.4, 0.5) is 5.69 Å². The number of hydrogen-bond donors (Lipinski definition) is 3. The van der Waals surface area contributed by atoms with Crippen LogP contribution in [0.3, 0.4) is 0 Å². The Morgan fingerprint density at radius 3 is 2.50 bits per heavy atom. The van der Waals surface area contributed by atoms with Crippen molar-refractivity contribution in [1.29, 1.82) is 0 Å². The van der Waals surface area contributed by atoms with Gasteiger partial charge in [0.05, 0.1) is 16.1 Å². The van der Waals surface area contributed by atoms with Crippen molar-refractivity contribution >= 4 is 29.1 Å². The Bertz CT molecular complexity index is 512. The standard InChI is InChI=1S/C12H14ClN3O2/c13-9-3-2-7(6-8(9)10(14)17)16-11(18)12(15)4-1-5-12/h2-3,6H,1,4-5,15H2,(H2,14,17)(H,16,18). The number of nitrogens with one attached hydrogen (secondary N) is 1. The van der Waals surface area contributed by atoms with E-state index in [1.54, 1.807) is 6.07 Å². The molecule has 1 aromatic carbocycles. The number of hydrogen-bond acceptors (Lipinski definition) is 3. The van der Waals surface area contributed by atoms with Crippen molar-refractivity contribution in [2.75, 3.05) is 5.32 Å². The van der Waals surface area contributed by atoms with Gasteiger partial charge >= 0.3 is 0 Å². The highest BCUT2D eigenvalue weighted by Crippen LogP contribution is 2.30. The molecule has 0 spiro atoms. The lowest BCUT2D eigenvalue weighted by molar-refractivity contribution is -0.123. The molecule has 0 radical (unpaired) electrons. The van der Waals surface area contributed by atoms with Crippen LogP contribution < -0.4 is 16.8 Å². The van der Waals surface area contributed by atoms with Crippen LogP contribution in [-0.4, -0.2) is 17.4 Å². The second-order valence-electron chi connectivity index (χ2n) is 4.52. The first-order valence-corrected chi connectivity index (χ1v) is 6.00. The normalized spacial score (nSPS) is 16.8. The van der Waals surface area contributed by atoms with E-state index in [2.05, 4.69) is 5.32 Å². The van der Waals surface area contributed by atoms with E-state index in [1.807, 2.05) is 0 Å². The molecular formula is C12H14ClN3O2. The van der Waals surface area contributed by atoms with Crippen molar-refractivity contribution in [1.82, 2.24) is 0 Å². The van der Waals surface area contributed by atoms with Gasteiger partial charge < -0.3 is 16.8 Å². The first-order chi connectivity index (χ1) is 8.42. The molecule has 2 amide bonds. The SMILES string of the molecule is NC(=O)c1cc(NC(=O)C2(N)CCC2)ccc1Cl. The third-order valence-electron chi connectivity index (χ3n) is 3.19. The molecule has 0 bridgehead atoms. The molecule has 5 nitrogen and oxygen atoms in total. The number of anilines is 1. The number of benzene rings is 1. The molecule has 1 saturated carbocycles. The maximum Gasteiger partial charge on any atom is 0.250 e. The van der Waals surface area contributed by atoms with Crippen LogP contribution in [-0.2, 0) is 4.79 Å². The molecule has 0 unspecified atom stereocenters. The van der Waals surface area contributed by atoms with Gasteiger partial charge in [0.25, 0.3) is 0 Å². The molecule has 6 heteroatoms. The Labute approximate surface area is 109 Å². The van der Waals surface area contributed by atoms with Gasteiger partial charge in [-0.15, -0.1) is 0 Å². The lowest BCUT2D eigenvalue weighted by Crippen LogP contribution is -2.56. The fourth-order valence-electron chi connectivity index (χ4n) is 1.83. The van der Waals surface area contributed by atoms with Crippen molar-refractivity contribution in [2.45, 2.75) is 24.8 Å². The molecule has 0 atom stereocenters. The van der Waals surface area contributed by atoms with Gasteiger partial charge in [0.1, 0.15) is 0 Å². The molecule has 1 aliphatic carbocycles. The minimum absolute atomic E-state index is 0.175. The highest BCUT2D eigenvalue weighted by molar-refractivity contribution is 6.34. The number of halogens is 1. The van der Waals surface area contributed by atoms with Gasteiger partial charge in [-0.3, -0.25) is 9.59 Å². The number of primary amides is 1. The van der Waals surface area contributed by atoms with E-state index in [9.17, 15) is 9.59 Å². The summed E-state index contributed by atoms with van der Waals surface area (Å²) in [7, 11) is 0. The van der Waals surface area contributed by atoms with E-state index >= 15 is 0 Å². The Balaban J connectivity index is 2.17. The zero-order valence-electron chi connectivity index (χ0n) is 9.70. The Morgan fingerprint density at radius 2 is 2.00 bits per heavy atom. The van der Waals surface area contributed by atoms with Crippen LogP contribution in [0, 0.1) is 0 Å². The average Bonchev–Trinajstić information content (AvgIpc) is 2.28. The molecule has 1 aromatic rings. The van der Waals surface area contributed by atoms with Crippen molar-refractivity contribution < 1.29 is 9.59 Å². The molecule has 1 fully saturated rings. The zero-order chi connectivity index (χ0) is 13.3. The predicted molar refractivity (Wildman–Crippen MR) is 69.4 cm³/mol. The number of carbonyl (C=O) groups is 2. The molecule has 0 heterocycles. The van der Waals surface area contributed by atoms with Gasteiger partial charge in [-0.2, -0.15) is 0 Å². The third-order valence-corrected chi connectivity index (χ3v) is 3.52. The minimum atomic E-state index is -0.785. The number of nitrogens with two attached hydrogens (primary N) is 2. The van der Waals surface area contributed by atoms with Crippen molar-refractivity contribution in [3.05, 3.63) is 28.8 Å². The van der Waals surface area contributed by atoms with E-state index in [0.717, 1.165) is 6.42 Å². The lowest BCUT2D eigenvalue weighted by atomic mass is 9.77. The Kier molecular flexibility index (Phi) is 3.28. The second-order valence-corrected chi connectivity index (χ2v) is 4.93. The maximum absolute atomic E-state index is 11.9. The van der Waals surface area contributed by atoms with Crippen LogP contribution in [0.5, 0.6) is 0 Å². The first-order valence-electron chi connectivity index (χ1n) is 5.62. The van der Waals surface area contributed by atoms with Crippen molar-refractivity contribution in [3.8, 4) is 0 Å². The van der Waals surface area contributed by atoms with Gasteiger partial charge in [-0.05, 0) is 37.5 Å². The molecule has 0 aliphatic heterocycles. The fraction of sp³-hybridized carbons (Fsp3) is 0.333. The molecule has 1 aliphatic rings. The molecule has 2 rings (SSSR count). The summed E-state index contributed by atoms with van der Waals surface area (Å²) in [5.74, 6) is -0.881. The summed E-state index contributed by atoms with van der Waals surface area (Å²) in [6.07, 6.45) is 2.31. The molecule has 5 N–H and O–H groups in total. The molecule has 0 aromatic heterocycles. The van der Waals surface area contributed by atoms with Gasteiger partial charge in [-0.1, -0.05) is 11.6 Å². The number of rotatable bonds is 3. The minimum Gasteiger partial charge on any atom is -0.366 e. The van der Waals surface area contributed by atoms with Crippen LogP contribution in [0.25, 0.3) is 0 Å². The molecule has 0 saturated heterocycles. The second kappa shape index (κ2) is 4.59. The average molecular weight is 268 g/mol. The van der Waals surface area contributed by atoms with E-state index in [1.165, 1.54) is 12.1 Å². The van der Waals surface area contributed by atoms with Gasteiger partial charge in [0.2, 0.25) is 11.8 Å². The summed E-state index contributed by atoms with van der Waals surface area (Å²) in [5, 5.41) is 2.93. The summed E-state index contributed by atoms with van der Waals surface area (Å²) < 4.78 is 0. The molecule has 96 valence electrons. The third kappa shape index (κ3) is 2.32. The Hall–Kier alpha value is -1.59. The zero-order valence-corrected chi connectivity index (χ0v) is 10.5. The fourth-order valence-corrected chi connectivity index (χ4v) is 2.04. The van der Waals surface area contributed by atoms with Crippen molar-refractivity contribution in [3.63, 3.8) is 0 Å². The van der Waals surface area contributed by atoms with E-state index in [0.29, 0.717) is 18.5 Å². The largest absolute Gasteiger partial charge is 0.366 e. The summed E-state index contributed by atoms with van der Waals surface area (Å²) in [5.41, 5.74) is 10.9. The van der Waals surface area contributed by atoms with Gasteiger partial charge in [-0.25, -0.2) is 0 Å². The summed E-state index contributed by atoms with van der Waals surface area (Å²) in [6, 6.07) is 4.57. The van der Waals surface area contributed by atoms with Crippen LogP contribution >= 0.6 is 11.6 Å². The van der Waals surface area contributed by atoms with Gasteiger partial charge in [0, 0.05) is 5.69 Å². The maximum atomic E-state index is 11.9. The topological polar surface area (TPSA) is 98.2 Å². The number of carbonyl (C=O) groups excluding carboxylic acids is 2. The quantitative estimate of drug-likeness (QED) is 0.769. The highest BCUT2D eigenvalue weighted by atomic mass is 35.5. The van der Waals surface area contributed by atoms with Crippen LogP contribution in [0.1, 0.15) is 29.6 Å². The highest BCUT2D eigenvalue weighted by Gasteiger charge is 2.40. The first kappa shape index (κ1) is 12.9. The summed E-state index contributed by atoms with van der Waals surface area (Å²) >= 11 is 5.82. The van der Waals surface area contributed by atoms with E-state index < -0.39 is 11.4 Å². The van der Waals surface area contributed by atoms with Crippen LogP contribution in [0.15, 0.2) is 18.2 Å². The van der Waals surface area contributed by atoms with Crippen molar-refractivity contribution in [2.24, 2.45) is 11.5 Å². The van der Waals surface area contributed by atoms with E-state index in [4.69, 9.17) is 23.1 Å². The predicted octanol–water partition coefficient (Wildman–Crippen LogP) is 1.26. The van der Waals surface area contributed by atoms with E-state index in [-0.39, 0.29) is 16.5 Å². The Morgan fingerprint density at radius 1 is 1.33 bits per heavy atom. The monoisotopic (exact) mass is 267 g/mol. The molecule has 18 heavy (non-hydrogen) atoms. The lowest BCUT2D eigenvalue weighted by Gasteiger charge is -2.36. The summed E-state index contributed by atoms with van der Waals surface area (Å²) in [6.45, 7) is 0. The smallest absolute Gasteiger partial charge is 0.250 e. The number of amides is 2.